The van der Waals surface area contributed by atoms with E-state index in [1.807, 2.05) is 7.05 Å². The number of hydrogen-bond donors (Lipinski definition) is 1. The third-order valence-electron chi connectivity index (χ3n) is 5.83. The lowest BCUT2D eigenvalue weighted by Crippen LogP contribution is -2.46. The van der Waals surface area contributed by atoms with Gasteiger partial charge in [0.1, 0.15) is 11.6 Å². The zero-order valence-electron chi connectivity index (χ0n) is 20.6. The van der Waals surface area contributed by atoms with Gasteiger partial charge in [0.15, 0.2) is 0 Å². The van der Waals surface area contributed by atoms with Crippen LogP contribution in [-0.2, 0) is 4.79 Å². The molecule has 1 amide bonds. The average Bonchev–Trinajstić information content (AvgIpc) is 2.77. The molecule has 1 N–H and O–H groups in total. The van der Waals surface area contributed by atoms with Crippen molar-refractivity contribution in [3.8, 4) is 0 Å². The highest BCUT2D eigenvalue weighted by molar-refractivity contribution is 5.81. The van der Waals surface area contributed by atoms with Crippen molar-refractivity contribution in [2.45, 2.75) is 58.9 Å². The molecular formula is C28H38F2N2O. The highest BCUT2D eigenvalue weighted by Gasteiger charge is 2.23. The van der Waals surface area contributed by atoms with E-state index in [2.05, 4.69) is 44.0 Å². The van der Waals surface area contributed by atoms with Gasteiger partial charge in [0.25, 0.3) is 0 Å². The molecule has 0 heterocycles. The van der Waals surface area contributed by atoms with E-state index in [0.29, 0.717) is 12.5 Å². The number of carbonyl (C=O) groups excluding carboxylic acids is 1. The summed E-state index contributed by atoms with van der Waals surface area (Å²) in [6.45, 7) is 9.68. The first-order chi connectivity index (χ1) is 15.7. The van der Waals surface area contributed by atoms with Gasteiger partial charge < -0.3 is 5.32 Å². The van der Waals surface area contributed by atoms with Gasteiger partial charge >= 0.3 is 0 Å². The van der Waals surface area contributed by atoms with Gasteiger partial charge in [0, 0.05) is 19.0 Å². The maximum atomic E-state index is 13.4. The van der Waals surface area contributed by atoms with E-state index in [1.54, 1.807) is 24.3 Å². The van der Waals surface area contributed by atoms with Gasteiger partial charge in [-0.25, -0.2) is 8.78 Å². The molecule has 0 fully saturated rings. The van der Waals surface area contributed by atoms with Crippen LogP contribution in [0, 0.1) is 17.6 Å². The molecule has 33 heavy (non-hydrogen) atoms. The summed E-state index contributed by atoms with van der Waals surface area (Å²) < 4.78 is 26.9. The Balaban J connectivity index is 2.01. The number of rotatable bonds is 12. The zero-order valence-corrected chi connectivity index (χ0v) is 20.6. The van der Waals surface area contributed by atoms with E-state index >= 15 is 0 Å². The summed E-state index contributed by atoms with van der Waals surface area (Å²) in [7, 11) is 1.99. The van der Waals surface area contributed by atoms with Crippen LogP contribution < -0.4 is 5.32 Å². The number of likely N-dealkylation sites (N-methyl/N-ethyl adjacent to an activating group) is 1. The summed E-state index contributed by atoms with van der Waals surface area (Å²) in [5, 5.41) is 3.11. The molecule has 0 unspecified atom stereocenters. The Bertz CT molecular complexity index is 842. The number of benzene rings is 2. The quantitative estimate of drug-likeness (QED) is 0.300. The molecule has 0 spiro atoms. The van der Waals surface area contributed by atoms with E-state index in [4.69, 9.17) is 0 Å². The number of hydrogen-bond acceptors (Lipinski definition) is 2. The minimum Gasteiger partial charge on any atom is -0.355 e. The summed E-state index contributed by atoms with van der Waals surface area (Å²) in [4.78, 5) is 15.1. The Labute approximate surface area is 197 Å². The van der Waals surface area contributed by atoms with E-state index in [9.17, 15) is 13.6 Å². The van der Waals surface area contributed by atoms with Gasteiger partial charge in [0.2, 0.25) is 5.91 Å². The van der Waals surface area contributed by atoms with Crippen molar-refractivity contribution in [3.63, 3.8) is 0 Å². The van der Waals surface area contributed by atoms with Crippen molar-refractivity contribution in [2.24, 2.45) is 5.92 Å². The molecule has 0 aliphatic rings. The number of nitrogens with one attached hydrogen (secondary N) is 1. The molecule has 2 aromatic carbocycles. The molecule has 1 atom stereocenters. The molecule has 0 aliphatic heterocycles. The molecule has 180 valence electrons. The Morgan fingerprint density at radius 2 is 1.48 bits per heavy atom. The van der Waals surface area contributed by atoms with Crippen molar-refractivity contribution in [1.82, 2.24) is 10.2 Å². The maximum absolute atomic E-state index is 13.4. The Hall–Kier alpha value is -2.53. The number of carbonyl (C=O) groups is 1. The van der Waals surface area contributed by atoms with E-state index < -0.39 is 0 Å². The van der Waals surface area contributed by atoms with Gasteiger partial charge in [0.05, 0.1) is 6.04 Å². The molecule has 0 aliphatic carbocycles. The highest BCUT2D eigenvalue weighted by atomic mass is 19.1. The summed E-state index contributed by atoms with van der Waals surface area (Å²) in [6, 6.07) is 12.7. The summed E-state index contributed by atoms with van der Waals surface area (Å²) in [6.07, 6.45) is 4.46. The van der Waals surface area contributed by atoms with Gasteiger partial charge in [-0.05, 0) is 81.5 Å². The lowest BCUT2D eigenvalue weighted by atomic mass is 9.87. The van der Waals surface area contributed by atoms with Gasteiger partial charge in [-0.1, -0.05) is 49.8 Å². The van der Waals surface area contributed by atoms with Crippen LogP contribution in [0.25, 0.3) is 0 Å². The molecule has 5 heteroatoms. The fourth-order valence-corrected chi connectivity index (χ4v) is 3.94. The summed E-state index contributed by atoms with van der Waals surface area (Å²) in [5.41, 5.74) is 3.19. The fourth-order valence-electron chi connectivity index (χ4n) is 3.94. The highest BCUT2D eigenvalue weighted by Crippen LogP contribution is 2.29. The van der Waals surface area contributed by atoms with Crippen LogP contribution in [0.2, 0.25) is 0 Å². The number of nitrogens with zero attached hydrogens (tertiary/aromatic N) is 1. The third-order valence-corrected chi connectivity index (χ3v) is 5.83. The van der Waals surface area contributed by atoms with Crippen molar-refractivity contribution in [2.75, 3.05) is 20.1 Å². The SMILES string of the molecule is CC(C)=CCN(C)[C@@H](CC(C)C)C(=O)NCCCC(c1ccc(F)cc1)c1ccc(F)cc1. The summed E-state index contributed by atoms with van der Waals surface area (Å²) >= 11 is 0. The molecule has 0 saturated heterocycles. The normalized spacial score (nSPS) is 12.3. The van der Waals surface area contributed by atoms with Crippen molar-refractivity contribution >= 4 is 5.91 Å². The van der Waals surface area contributed by atoms with Crippen LogP contribution in [0.3, 0.4) is 0 Å². The van der Waals surface area contributed by atoms with Crippen molar-refractivity contribution < 1.29 is 13.6 Å². The minimum atomic E-state index is -0.280. The Kier molecular flexibility index (Phi) is 10.7. The van der Waals surface area contributed by atoms with Crippen LogP contribution >= 0.6 is 0 Å². The van der Waals surface area contributed by atoms with Crippen molar-refractivity contribution in [3.05, 3.63) is 82.9 Å². The largest absolute Gasteiger partial charge is 0.355 e. The first kappa shape index (κ1) is 26.7. The van der Waals surface area contributed by atoms with E-state index in [1.165, 1.54) is 29.8 Å². The minimum absolute atomic E-state index is 0.00917. The molecule has 3 nitrogen and oxygen atoms in total. The molecule has 0 bridgehead atoms. The van der Waals surface area contributed by atoms with Gasteiger partial charge in [-0.3, -0.25) is 9.69 Å². The van der Waals surface area contributed by atoms with Crippen LogP contribution in [0.4, 0.5) is 8.78 Å². The van der Waals surface area contributed by atoms with Crippen LogP contribution in [-0.4, -0.2) is 37.0 Å². The predicted molar refractivity (Wildman–Crippen MR) is 132 cm³/mol. The number of allylic oxidation sites excluding steroid dienone is 1. The van der Waals surface area contributed by atoms with Gasteiger partial charge in [-0.15, -0.1) is 0 Å². The first-order valence-electron chi connectivity index (χ1n) is 11.8. The van der Waals surface area contributed by atoms with Gasteiger partial charge in [-0.2, -0.15) is 0 Å². The first-order valence-corrected chi connectivity index (χ1v) is 11.8. The Morgan fingerprint density at radius 1 is 0.970 bits per heavy atom. The maximum Gasteiger partial charge on any atom is 0.237 e. The predicted octanol–water partition coefficient (Wildman–Crippen LogP) is 6.31. The fraction of sp³-hybridized carbons (Fsp3) is 0.464. The summed E-state index contributed by atoms with van der Waals surface area (Å²) in [5.74, 6) is -0.0887. The lowest BCUT2D eigenvalue weighted by Gasteiger charge is -2.28. The molecule has 0 aromatic heterocycles. The standard InChI is InChI=1S/C28H38F2N2O/c1-20(2)16-18-32(5)27(19-21(3)4)28(33)31-17-6-7-26(22-8-12-24(29)13-9-22)23-10-14-25(30)15-11-23/h8-16,21,26-27H,6-7,17-19H2,1-5H3,(H,31,33)/t27-/m0/s1. The van der Waals surface area contributed by atoms with E-state index in [-0.39, 0.29) is 29.5 Å². The molecular weight excluding hydrogens is 418 g/mol. The third kappa shape index (κ3) is 9.09. The van der Waals surface area contributed by atoms with Crippen LogP contribution in [0.1, 0.15) is 64.0 Å². The topological polar surface area (TPSA) is 32.3 Å². The molecule has 2 rings (SSSR count). The number of amides is 1. The number of halogens is 2. The molecule has 0 saturated carbocycles. The molecule has 0 radical (unpaired) electrons. The van der Waals surface area contributed by atoms with Crippen LogP contribution in [0.5, 0.6) is 0 Å². The zero-order chi connectivity index (χ0) is 24.4. The monoisotopic (exact) mass is 456 g/mol. The van der Waals surface area contributed by atoms with Crippen molar-refractivity contribution in [1.29, 1.82) is 0 Å². The second kappa shape index (κ2) is 13.2. The second-order valence-corrected chi connectivity index (χ2v) is 9.46. The van der Waals surface area contributed by atoms with Crippen LogP contribution in [0.15, 0.2) is 60.2 Å². The Morgan fingerprint density at radius 3 is 1.94 bits per heavy atom. The van der Waals surface area contributed by atoms with E-state index in [0.717, 1.165) is 36.9 Å². The molecule has 2 aromatic rings. The smallest absolute Gasteiger partial charge is 0.237 e. The second-order valence-electron chi connectivity index (χ2n) is 9.46. The lowest BCUT2D eigenvalue weighted by molar-refractivity contribution is -0.126. The average molecular weight is 457 g/mol.